The third-order valence-corrected chi connectivity index (χ3v) is 1.08. The summed E-state index contributed by atoms with van der Waals surface area (Å²) in [6.07, 6.45) is 5.70. The number of nitrogens with zero attached hydrogens (tertiary/aromatic N) is 3. The minimum atomic E-state index is 0.682. The second kappa shape index (κ2) is 1.94. The first-order valence-electron chi connectivity index (χ1n) is 2.66. The highest BCUT2D eigenvalue weighted by atomic mass is 16.5. The molecule has 0 saturated carbocycles. The normalized spacial score (nSPS) is 10.0. The van der Waals surface area contributed by atoms with E-state index in [1.807, 2.05) is 0 Å². The van der Waals surface area contributed by atoms with E-state index in [-0.39, 0.29) is 0 Å². The molecule has 49 valence electrons. The van der Waals surface area contributed by atoms with Crippen molar-refractivity contribution in [2.45, 2.75) is 0 Å². The second-order valence-electron chi connectivity index (χ2n) is 1.70. The minimum Gasteiger partial charge on any atom is -0.363 e. The summed E-state index contributed by atoms with van der Waals surface area (Å²) in [5, 5.41) is 13.2. The molecule has 0 saturated heterocycles. The summed E-state index contributed by atoms with van der Waals surface area (Å²) in [5.74, 6) is 0. The van der Waals surface area contributed by atoms with Crippen LogP contribution in [0.1, 0.15) is 0 Å². The molecule has 0 spiro atoms. The molecule has 0 unspecified atom stereocenters. The molecular formula is C5H3N4O. The SMILES string of the molecule is [c]1nocc1-c1c[nH]nn1. The Morgan fingerprint density at radius 2 is 2.60 bits per heavy atom. The van der Waals surface area contributed by atoms with Gasteiger partial charge >= 0.3 is 0 Å². The van der Waals surface area contributed by atoms with Crippen molar-refractivity contribution in [1.82, 2.24) is 20.6 Å². The fourth-order valence-corrected chi connectivity index (χ4v) is 0.632. The minimum absolute atomic E-state index is 0.682. The molecular weight excluding hydrogens is 132 g/mol. The average Bonchev–Trinajstić information content (AvgIpc) is 2.59. The van der Waals surface area contributed by atoms with Crippen LogP contribution in [0.5, 0.6) is 0 Å². The molecule has 0 fully saturated rings. The van der Waals surface area contributed by atoms with Gasteiger partial charge in [0.2, 0.25) is 0 Å². The van der Waals surface area contributed by atoms with E-state index in [9.17, 15) is 0 Å². The van der Waals surface area contributed by atoms with Gasteiger partial charge in [-0.25, -0.2) is 0 Å². The topological polar surface area (TPSA) is 67.6 Å². The van der Waals surface area contributed by atoms with Gasteiger partial charge in [-0.2, -0.15) is 0 Å². The molecule has 0 atom stereocenters. The summed E-state index contributed by atoms with van der Waals surface area (Å²) in [6, 6.07) is 0. The first kappa shape index (κ1) is 5.16. The second-order valence-corrected chi connectivity index (χ2v) is 1.70. The number of H-pyrrole nitrogens is 1. The highest BCUT2D eigenvalue weighted by Gasteiger charge is 2.01. The zero-order valence-electron chi connectivity index (χ0n) is 4.90. The molecule has 5 nitrogen and oxygen atoms in total. The molecule has 10 heavy (non-hydrogen) atoms. The molecule has 5 heteroatoms. The Labute approximate surface area is 56.0 Å². The molecule has 0 aliphatic carbocycles. The van der Waals surface area contributed by atoms with Gasteiger partial charge in [-0.1, -0.05) is 10.4 Å². The van der Waals surface area contributed by atoms with Gasteiger partial charge in [0.15, 0.2) is 0 Å². The molecule has 0 aliphatic heterocycles. The Morgan fingerprint density at radius 1 is 1.60 bits per heavy atom. The van der Waals surface area contributed by atoms with Crippen molar-refractivity contribution in [1.29, 1.82) is 0 Å². The third-order valence-electron chi connectivity index (χ3n) is 1.08. The highest BCUT2D eigenvalue weighted by Crippen LogP contribution is 2.11. The smallest absolute Gasteiger partial charge is 0.146 e. The summed E-state index contributed by atoms with van der Waals surface area (Å²) in [6.45, 7) is 0. The molecule has 1 radical (unpaired) electrons. The van der Waals surface area contributed by atoms with E-state index in [1.165, 1.54) is 6.26 Å². The van der Waals surface area contributed by atoms with Crippen molar-refractivity contribution in [3.05, 3.63) is 18.7 Å². The maximum atomic E-state index is 4.55. The Balaban J connectivity index is 2.48. The van der Waals surface area contributed by atoms with E-state index < -0.39 is 0 Å². The number of nitrogens with one attached hydrogen (secondary N) is 1. The number of aromatic nitrogens is 4. The maximum Gasteiger partial charge on any atom is 0.146 e. The van der Waals surface area contributed by atoms with Crippen LogP contribution in [0.4, 0.5) is 0 Å². The van der Waals surface area contributed by atoms with E-state index in [2.05, 4.69) is 31.3 Å². The van der Waals surface area contributed by atoms with Crippen LogP contribution in [0, 0.1) is 6.20 Å². The van der Waals surface area contributed by atoms with E-state index in [1.54, 1.807) is 6.20 Å². The molecule has 0 aliphatic rings. The predicted molar refractivity (Wildman–Crippen MR) is 30.7 cm³/mol. The molecule has 2 aromatic heterocycles. The summed E-state index contributed by atoms with van der Waals surface area (Å²) >= 11 is 0. The first-order valence-corrected chi connectivity index (χ1v) is 2.66. The van der Waals surface area contributed by atoms with Crippen LogP contribution in [-0.2, 0) is 0 Å². The Morgan fingerprint density at radius 3 is 3.20 bits per heavy atom. The van der Waals surface area contributed by atoms with Gasteiger partial charge < -0.3 is 4.52 Å². The Kier molecular flexibility index (Phi) is 1.00. The van der Waals surface area contributed by atoms with Gasteiger partial charge in [-0.05, 0) is 0 Å². The van der Waals surface area contributed by atoms with Crippen LogP contribution in [-0.4, -0.2) is 20.6 Å². The summed E-state index contributed by atoms with van der Waals surface area (Å²) in [5.41, 5.74) is 1.38. The number of aromatic amines is 1. The molecule has 0 bridgehead atoms. The van der Waals surface area contributed by atoms with Gasteiger partial charge in [-0.3, -0.25) is 5.10 Å². The van der Waals surface area contributed by atoms with Gasteiger partial charge in [0.25, 0.3) is 0 Å². The quantitative estimate of drug-likeness (QED) is 0.609. The number of rotatable bonds is 1. The van der Waals surface area contributed by atoms with Crippen LogP contribution in [0.3, 0.4) is 0 Å². The van der Waals surface area contributed by atoms with Crippen molar-refractivity contribution < 1.29 is 4.52 Å². The Hall–Kier alpha value is -1.65. The van der Waals surface area contributed by atoms with Gasteiger partial charge in [0, 0.05) is 0 Å². The van der Waals surface area contributed by atoms with E-state index >= 15 is 0 Å². The van der Waals surface area contributed by atoms with Gasteiger partial charge in [-0.15, -0.1) is 5.10 Å². The molecule has 2 aromatic rings. The fraction of sp³-hybridized carbons (Fsp3) is 0. The lowest BCUT2D eigenvalue weighted by Crippen LogP contribution is -1.72. The van der Waals surface area contributed by atoms with Crippen LogP contribution in [0.15, 0.2) is 17.0 Å². The maximum absolute atomic E-state index is 4.55. The first-order chi connectivity index (χ1) is 4.97. The van der Waals surface area contributed by atoms with Crippen molar-refractivity contribution in [2.75, 3.05) is 0 Å². The number of hydrogen-bond donors (Lipinski definition) is 1. The summed E-state index contributed by atoms with van der Waals surface area (Å²) in [4.78, 5) is 0. The van der Waals surface area contributed by atoms with Crippen molar-refractivity contribution in [2.24, 2.45) is 0 Å². The lowest BCUT2D eigenvalue weighted by Gasteiger charge is -1.77. The van der Waals surface area contributed by atoms with E-state index in [4.69, 9.17) is 0 Å². The molecule has 0 amide bonds. The van der Waals surface area contributed by atoms with Crippen molar-refractivity contribution in [3.8, 4) is 11.3 Å². The molecule has 1 N–H and O–H groups in total. The monoisotopic (exact) mass is 135 g/mol. The zero-order chi connectivity index (χ0) is 6.81. The zero-order valence-corrected chi connectivity index (χ0v) is 4.90. The largest absolute Gasteiger partial charge is 0.363 e. The van der Waals surface area contributed by atoms with E-state index in [0.717, 1.165) is 0 Å². The standard InChI is InChI=1S/C5H3N4O/c1-4(3-10-7-1)5-2-6-9-8-5/h2-3H,(H,6,8,9). The highest BCUT2D eigenvalue weighted by molar-refractivity contribution is 5.52. The van der Waals surface area contributed by atoms with Crippen LogP contribution >= 0.6 is 0 Å². The van der Waals surface area contributed by atoms with Crippen LogP contribution in [0.2, 0.25) is 0 Å². The molecule has 0 aromatic carbocycles. The molecule has 2 heterocycles. The van der Waals surface area contributed by atoms with Gasteiger partial charge in [0.1, 0.15) is 18.2 Å². The van der Waals surface area contributed by atoms with Crippen molar-refractivity contribution >= 4 is 0 Å². The fourth-order valence-electron chi connectivity index (χ4n) is 0.632. The summed E-state index contributed by atoms with van der Waals surface area (Å²) in [7, 11) is 0. The number of hydrogen-bond acceptors (Lipinski definition) is 4. The third kappa shape index (κ3) is 0.680. The predicted octanol–water partition coefficient (Wildman–Crippen LogP) is 0.260. The van der Waals surface area contributed by atoms with E-state index in [0.29, 0.717) is 11.3 Å². The van der Waals surface area contributed by atoms with Crippen LogP contribution < -0.4 is 0 Å². The Bertz CT molecular complexity index is 253. The summed E-state index contributed by atoms with van der Waals surface area (Å²) < 4.78 is 4.55. The van der Waals surface area contributed by atoms with Gasteiger partial charge in [0.05, 0.1) is 11.8 Å². The van der Waals surface area contributed by atoms with Crippen molar-refractivity contribution in [3.63, 3.8) is 0 Å². The molecule has 2 rings (SSSR count). The average molecular weight is 135 g/mol. The lowest BCUT2D eigenvalue weighted by atomic mass is 10.3. The lowest BCUT2D eigenvalue weighted by molar-refractivity contribution is 0.418. The van der Waals surface area contributed by atoms with Crippen LogP contribution in [0.25, 0.3) is 11.3 Å².